The van der Waals surface area contributed by atoms with Gasteiger partial charge in [0.05, 0.1) is 0 Å². The van der Waals surface area contributed by atoms with Crippen molar-refractivity contribution in [1.82, 2.24) is 9.97 Å². The summed E-state index contributed by atoms with van der Waals surface area (Å²) in [6.45, 7) is 1.91. The monoisotopic (exact) mass is 399 g/mol. The van der Waals surface area contributed by atoms with Gasteiger partial charge < -0.3 is 14.5 Å². The predicted octanol–water partition coefficient (Wildman–Crippen LogP) is 5.41. The molecule has 0 aliphatic carbocycles. The first-order valence-corrected chi connectivity index (χ1v) is 9.67. The van der Waals surface area contributed by atoms with E-state index < -0.39 is 0 Å². The number of nitrogens with zero attached hydrogens (tertiary/aromatic N) is 2. The molecule has 0 bridgehead atoms. The molecule has 1 N–H and O–H groups in total. The summed E-state index contributed by atoms with van der Waals surface area (Å²) in [5.74, 6) is 2.13. The van der Waals surface area contributed by atoms with Crippen LogP contribution in [0.4, 0.5) is 5.69 Å². The second-order valence-corrected chi connectivity index (χ2v) is 6.79. The average molecular weight is 399 g/mol. The lowest BCUT2D eigenvalue weighted by molar-refractivity contribution is -0.116. The number of nitrogens with one attached hydrogen (secondary N) is 1. The summed E-state index contributed by atoms with van der Waals surface area (Å²) in [4.78, 5) is 20.5. The van der Waals surface area contributed by atoms with Gasteiger partial charge in [0.1, 0.15) is 17.3 Å². The fourth-order valence-corrected chi connectivity index (χ4v) is 3.00. The Balaban J connectivity index is 1.32. The molecule has 0 aliphatic heterocycles. The number of carbonyl (C=O) groups is 1. The number of furan rings is 1. The van der Waals surface area contributed by atoms with Crippen LogP contribution in [0.15, 0.2) is 83.5 Å². The van der Waals surface area contributed by atoms with Gasteiger partial charge in [0.25, 0.3) is 0 Å². The van der Waals surface area contributed by atoms with Gasteiger partial charge in [0, 0.05) is 36.5 Å². The van der Waals surface area contributed by atoms with Gasteiger partial charge in [-0.3, -0.25) is 4.79 Å². The van der Waals surface area contributed by atoms with Crippen LogP contribution in [0, 0.1) is 6.92 Å². The molecule has 0 radical (unpaired) electrons. The third-order valence-corrected chi connectivity index (χ3v) is 4.54. The number of amides is 1. The molecule has 2 aromatic carbocycles. The normalized spacial score (nSPS) is 10.6. The smallest absolute Gasteiger partial charge is 0.321 e. The predicted molar refractivity (Wildman–Crippen MR) is 114 cm³/mol. The van der Waals surface area contributed by atoms with E-state index in [2.05, 4.69) is 15.3 Å². The SMILES string of the molecule is Cc1cc(Oc2ncccn2)ccc1NC(=O)CCc1ccc(-c2ccccc2)o1. The zero-order chi connectivity index (χ0) is 20.8. The van der Waals surface area contributed by atoms with Crippen molar-refractivity contribution in [3.8, 4) is 23.1 Å². The minimum Gasteiger partial charge on any atom is -0.461 e. The van der Waals surface area contributed by atoms with Crippen molar-refractivity contribution >= 4 is 11.6 Å². The van der Waals surface area contributed by atoms with Crippen molar-refractivity contribution in [3.63, 3.8) is 0 Å². The standard InChI is InChI=1S/C24H21N3O3/c1-17-16-20(30-24-25-14-5-15-26-24)8-11-21(17)27-23(28)13-10-19-9-12-22(29-19)18-6-3-2-4-7-18/h2-9,11-12,14-16H,10,13H2,1H3,(H,27,28). The van der Waals surface area contributed by atoms with Gasteiger partial charge in [-0.2, -0.15) is 0 Å². The number of rotatable bonds is 7. The summed E-state index contributed by atoms with van der Waals surface area (Å²) in [5.41, 5.74) is 2.65. The van der Waals surface area contributed by atoms with Gasteiger partial charge in [-0.25, -0.2) is 9.97 Å². The molecule has 2 heterocycles. The highest BCUT2D eigenvalue weighted by molar-refractivity contribution is 5.91. The largest absolute Gasteiger partial charge is 0.461 e. The molecule has 0 fully saturated rings. The number of aryl methyl sites for hydroxylation is 2. The molecule has 4 rings (SSSR count). The number of ether oxygens (including phenoxy) is 1. The Hall–Kier alpha value is -3.93. The summed E-state index contributed by atoms with van der Waals surface area (Å²) in [5, 5.41) is 2.94. The Morgan fingerprint density at radius 1 is 1.00 bits per heavy atom. The molecule has 0 atom stereocenters. The summed E-state index contributed by atoms with van der Waals surface area (Å²) < 4.78 is 11.5. The molecule has 0 saturated carbocycles. The molecule has 0 unspecified atom stereocenters. The fraction of sp³-hybridized carbons (Fsp3) is 0.125. The molecule has 0 spiro atoms. The quantitative estimate of drug-likeness (QED) is 0.450. The molecule has 6 nitrogen and oxygen atoms in total. The number of benzene rings is 2. The minimum absolute atomic E-state index is 0.0733. The Labute approximate surface area is 174 Å². The van der Waals surface area contributed by atoms with Crippen molar-refractivity contribution in [3.05, 3.63) is 90.4 Å². The topological polar surface area (TPSA) is 77.3 Å². The molecular weight excluding hydrogens is 378 g/mol. The molecular formula is C24H21N3O3. The maximum Gasteiger partial charge on any atom is 0.321 e. The van der Waals surface area contributed by atoms with E-state index in [1.54, 1.807) is 24.5 Å². The first-order chi connectivity index (χ1) is 14.7. The van der Waals surface area contributed by atoms with E-state index in [4.69, 9.17) is 9.15 Å². The van der Waals surface area contributed by atoms with Crippen LogP contribution in [0.3, 0.4) is 0 Å². The Bertz CT molecular complexity index is 1120. The number of carbonyl (C=O) groups excluding carboxylic acids is 1. The molecule has 1 amide bonds. The molecule has 0 aliphatic rings. The van der Waals surface area contributed by atoms with Crippen LogP contribution in [0.5, 0.6) is 11.8 Å². The van der Waals surface area contributed by atoms with Crippen molar-refractivity contribution in [2.45, 2.75) is 19.8 Å². The van der Waals surface area contributed by atoms with Gasteiger partial charge in [-0.05, 0) is 48.9 Å². The third-order valence-electron chi connectivity index (χ3n) is 4.54. The highest BCUT2D eigenvalue weighted by Crippen LogP contribution is 2.25. The van der Waals surface area contributed by atoms with Gasteiger partial charge >= 0.3 is 6.01 Å². The van der Waals surface area contributed by atoms with Crippen LogP contribution in [-0.2, 0) is 11.2 Å². The average Bonchev–Trinajstić information content (AvgIpc) is 3.25. The lowest BCUT2D eigenvalue weighted by Gasteiger charge is -2.10. The molecule has 150 valence electrons. The number of aromatic nitrogens is 2. The molecule has 4 aromatic rings. The fourth-order valence-electron chi connectivity index (χ4n) is 3.00. The lowest BCUT2D eigenvalue weighted by Crippen LogP contribution is -2.13. The summed E-state index contributed by atoms with van der Waals surface area (Å²) >= 11 is 0. The number of anilines is 1. The Morgan fingerprint density at radius 2 is 1.80 bits per heavy atom. The van der Waals surface area contributed by atoms with Crippen LogP contribution >= 0.6 is 0 Å². The first kappa shape index (κ1) is 19.4. The van der Waals surface area contributed by atoms with Gasteiger partial charge in [0.15, 0.2) is 0 Å². The van der Waals surface area contributed by atoms with Crippen LogP contribution in [0.25, 0.3) is 11.3 Å². The maximum absolute atomic E-state index is 12.4. The van der Waals surface area contributed by atoms with E-state index in [1.165, 1.54) is 0 Å². The number of hydrogen-bond donors (Lipinski definition) is 1. The summed E-state index contributed by atoms with van der Waals surface area (Å²) in [6.07, 6.45) is 4.10. The van der Waals surface area contributed by atoms with E-state index >= 15 is 0 Å². The molecule has 2 aromatic heterocycles. The van der Waals surface area contributed by atoms with Crippen LogP contribution in [0.2, 0.25) is 0 Å². The van der Waals surface area contributed by atoms with Crippen LogP contribution in [-0.4, -0.2) is 15.9 Å². The van der Waals surface area contributed by atoms with Crippen molar-refractivity contribution in [1.29, 1.82) is 0 Å². The van der Waals surface area contributed by atoms with Crippen molar-refractivity contribution in [2.24, 2.45) is 0 Å². The van der Waals surface area contributed by atoms with E-state index in [-0.39, 0.29) is 11.9 Å². The van der Waals surface area contributed by atoms with E-state index in [0.717, 1.165) is 28.3 Å². The zero-order valence-corrected chi connectivity index (χ0v) is 16.5. The van der Waals surface area contributed by atoms with E-state index in [0.29, 0.717) is 18.6 Å². The highest BCUT2D eigenvalue weighted by Gasteiger charge is 2.10. The molecule has 6 heteroatoms. The van der Waals surface area contributed by atoms with Gasteiger partial charge in [-0.1, -0.05) is 30.3 Å². The first-order valence-electron chi connectivity index (χ1n) is 9.67. The maximum atomic E-state index is 12.4. The molecule has 30 heavy (non-hydrogen) atoms. The van der Waals surface area contributed by atoms with Crippen LogP contribution < -0.4 is 10.1 Å². The highest BCUT2D eigenvalue weighted by atomic mass is 16.5. The summed E-state index contributed by atoms with van der Waals surface area (Å²) in [7, 11) is 0. The van der Waals surface area contributed by atoms with Gasteiger partial charge in [-0.15, -0.1) is 0 Å². The van der Waals surface area contributed by atoms with Gasteiger partial charge in [0.2, 0.25) is 5.91 Å². The van der Waals surface area contributed by atoms with Crippen molar-refractivity contribution in [2.75, 3.05) is 5.32 Å². The second kappa shape index (κ2) is 9.05. The second-order valence-electron chi connectivity index (χ2n) is 6.79. The number of hydrogen-bond acceptors (Lipinski definition) is 5. The Morgan fingerprint density at radius 3 is 2.57 bits per heavy atom. The zero-order valence-electron chi connectivity index (χ0n) is 16.5. The minimum atomic E-state index is -0.0733. The summed E-state index contributed by atoms with van der Waals surface area (Å²) in [6, 6.07) is 21.2. The lowest BCUT2D eigenvalue weighted by atomic mass is 10.1. The van der Waals surface area contributed by atoms with E-state index in [1.807, 2.05) is 61.5 Å². The molecule has 0 saturated heterocycles. The Kier molecular flexibility index (Phi) is 5.85. The third kappa shape index (κ3) is 4.91. The van der Waals surface area contributed by atoms with Crippen LogP contribution in [0.1, 0.15) is 17.7 Å². The van der Waals surface area contributed by atoms with E-state index in [9.17, 15) is 4.79 Å². The van der Waals surface area contributed by atoms with Crippen molar-refractivity contribution < 1.29 is 13.9 Å².